The van der Waals surface area contributed by atoms with Gasteiger partial charge >= 0.3 is 5.97 Å². The van der Waals surface area contributed by atoms with Crippen LogP contribution in [0.3, 0.4) is 0 Å². The molecule has 5 rings (SSSR count). The topological polar surface area (TPSA) is 83.8 Å². The SMILES string of the molecule is CC(=O)[C@H]1CCC2C3CC=C4C[C@@H](O)CC[C@]4(COCc4ccc(C(=O)O)cc4)C3CC[C@@]21C. The molecule has 0 aromatic heterocycles. The Labute approximate surface area is 202 Å². The summed E-state index contributed by atoms with van der Waals surface area (Å²) in [4.78, 5) is 23.6. The summed E-state index contributed by atoms with van der Waals surface area (Å²) in [5.41, 5.74) is 2.75. The lowest BCUT2D eigenvalue weighted by atomic mass is 9.47. The first-order chi connectivity index (χ1) is 16.2. The molecule has 2 N–H and O–H groups in total. The van der Waals surface area contributed by atoms with Gasteiger partial charge in [-0.3, -0.25) is 4.79 Å². The van der Waals surface area contributed by atoms with E-state index in [1.54, 1.807) is 19.1 Å². The number of carbonyl (C=O) groups excluding carboxylic acids is 1. The summed E-state index contributed by atoms with van der Waals surface area (Å²) in [6.07, 6.45) is 10.2. The molecule has 0 amide bonds. The number of aromatic carboxylic acids is 1. The number of hydrogen-bond acceptors (Lipinski definition) is 4. The van der Waals surface area contributed by atoms with E-state index in [-0.39, 0.29) is 28.4 Å². The number of carbonyl (C=O) groups is 2. The fourth-order valence-corrected chi connectivity index (χ4v) is 8.47. The Balaban J connectivity index is 1.37. The summed E-state index contributed by atoms with van der Waals surface area (Å²) in [5, 5.41) is 19.6. The number of hydrogen-bond donors (Lipinski definition) is 2. The van der Waals surface area contributed by atoms with Crippen molar-refractivity contribution in [3.05, 3.63) is 47.0 Å². The zero-order chi connectivity index (χ0) is 24.1. The van der Waals surface area contributed by atoms with Crippen LogP contribution in [0.1, 0.15) is 81.1 Å². The number of Topliss-reactive ketones (excluding diaryl/α,β-unsaturated/α-hetero) is 1. The van der Waals surface area contributed by atoms with Crippen LogP contribution in [0.25, 0.3) is 0 Å². The third-order valence-electron chi connectivity index (χ3n) is 10.1. The fourth-order valence-electron chi connectivity index (χ4n) is 8.47. The Hall–Kier alpha value is -1.98. The lowest BCUT2D eigenvalue weighted by Gasteiger charge is -2.58. The lowest BCUT2D eigenvalue weighted by Crippen LogP contribution is -2.53. The minimum atomic E-state index is -0.918. The number of allylic oxidation sites excluding steroid dienone is 1. The second-order valence-corrected chi connectivity index (χ2v) is 11.7. The van der Waals surface area contributed by atoms with Crippen molar-refractivity contribution in [1.29, 1.82) is 0 Å². The normalized spacial score (nSPS) is 38.9. The summed E-state index contributed by atoms with van der Waals surface area (Å²) in [7, 11) is 0. The zero-order valence-electron chi connectivity index (χ0n) is 20.5. The van der Waals surface area contributed by atoms with E-state index in [0.29, 0.717) is 36.8 Å². The van der Waals surface area contributed by atoms with Gasteiger partial charge in [0.25, 0.3) is 0 Å². The highest BCUT2D eigenvalue weighted by Gasteiger charge is 2.60. The van der Waals surface area contributed by atoms with E-state index in [4.69, 9.17) is 9.84 Å². The molecule has 4 aliphatic carbocycles. The van der Waals surface area contributed by atoms with E-state index in [0.717, 1.165) is 56.9 Å². The van der Waals surface area contributed by atoms with Gasteiger partial charge in [0.1, 0.15) is 5.78 Å². The molecule has 5 heteroatoms. The molecule has 0 saturated heterocycles. The molecule has 4 aliphatic rings. The molecule has 3 saturated carbocycles. The third kappa shape index (κ3) is 3.85. The zero-order valence-corrected chi connectivity index (χ0v) is 20.5. The number of aliphatic hydroxyl groups excluding tert-OH is 1. The summed E-state index contributed by atoms with van der Waals surface area (Å²) in [5.74, 6) is 1.36. The molecule has 0 bridgehead atoms. The predicted octanol–water partition coefficient (Wildman–Crippen LogP) is 5.41. The largest absolute Gasteiger partial charge is 0.478 e. The van der Waals surface area contributed by atoms with Gasteiger partial charge < -0.3 is 14.9 Å². The van der Waals surface area contributed by atoms with Crippen LogP contribution in [0.2, 0.25) is 0 Å². The molecule has 3 unspecified atom stereocenters. The van der Waals surface area contributed by atoms with Crippen LogP contribution >= 0.6 is 0 Å². The summed E-state index contributed by atoms with van der Waals surface area (Å²) >= 11 is 0. The highest BCUT2D eigenvalue weighted by Crippen LogP contribution is 2.66. The van der Waals surface area contributed by atoms with Gasteiger partial charge in [-0.05, 0) is 99.2 Å². The molecule has 1 aromatic carbocycles. The minimum absolute atomic E-state index is 0.0290. The lowest BCUT2D eigenvalue weighted by molar-refractivity contribution is -0.129. The van der Waals surface area contributed by atoms with Crippen molar-refractivity contribution >= 4 is 11.8 Å². The van der Waals surface area contributed by atoms with E-state index in [2.05, 4.69) is 13.0 Å². The Bertz CT molecular complexity index is 981. The Morgan fingerprint density at radius 3 is 2.53 bits per heavy atom. The molecule has 1 aromatic rings. The van der Waals surface area contributed by atoms with Crippen LogP contribution in [-0.2, 0) is 16.1 Å². The summed E-state index contributed by atoms with van der Waals surface area (Å²) in [6, 6.07) is 6.93. The van der Waals surface area contributed by atoms with Gasteiger partial charge in [-0.15, -0.1) is 0 Å². The molecule has 5 nitrogen and oxygen atoms in total. The van der Waals surface area contributed by atoms with E-state index in [9.17, 15) is 14.7 Å². The fraction of sp³-hybridized carbons (Fsp3) is 0.655. The first-order valence-electron chi connectivity index (χ1n) is 13.0. The van der Waals surface area contributed by atoms with Crippen LogP contribution in [0.5, 0.6) is 0 Å². The van der Waals surface area contributed by atoms with Crippen molar-refractivity contribution in [3.63, 3.8) is 0 Å². The second kappa shape index (κ2) is 8.91. The number of ether oxygens (including phenoxy) is 1. The quantitative estimate of drug-likeness (QED) is 0.548. The van der Waals surface area contributed by atoms with E-state index < -0.39 is 5.97 Å². The number of carboxylic acid groups (broad SMARTS) is 1. The summed E-state index contributed by atoms with van der Waals surface area (Å²) in [6.45, 7) is 5.26. The molecule has 0 heterocycles. The van der Waals surface area contributed by atoms with Gasteiger partial charge in [0.05, 0.1) is 24.9 Å². The van der Waals surface area contributed by atoms with Crippen LogP contribution < -0.4 is 0 Å². The standard InChI is InChI=1S/C29H38O5/c1-18(30)24-9-10-25-23-8-7-21-15-22(31)11-14-29(21,26(23)12-13-28(24,25)2)17-34-16-19-3-5-20(6-4-19)27(32)33/h3-7,22-26,31H,8-17H2,1-2H3,(H,32,33)/t22-,23?,24+,25?,26?,28+,29+/m0/s1. The van der Waals surface area contributed by atoms with E-state index >= 15 is 0 Å². The molecule has 34 heavy (non-hydrogen) atoms. The van der Waals surface area contributed by atoms with Gasteiger partial charge in [0.2, 0.25) is 0 Å². The number of ketones is 1. The van der Waals surface area contributed by atoms with Crippen molar-refractivity contribution in [2.24, 2.45) is 34.5 Å². The van der Waals surface area contributed by atoms with Gasteiger partial charge in [0, 0.05) is 11.3 Å². The second-order valence-electron chi connectivity index (χ2n) is 11.7. The first-order valence-corrected chi connectivity index (χ1v) is 13.0. The van der Waals surface area contributed by atoms with Crippen molar-refractivity contribution in [2.75, 3.05) is 6.61 Å². The number of rotatable bonds is 6. The maximum atomic E-state index is 12.4. The van der Waals surface area contributed by atoms with Crippen molar-refractivity contribution in [3.8, 4) is 0 Å². The van der Waals surface area contributed by atoms with Crippen LogP contribution in [-0.4, -0.2) is 34.7 Å². The number of benzene rings is 1. The molecule has 184 valence electrons. The van der Waals surface area contributed by atoms with Gasteiger partial charge in [0.15, 0.2) is 0 Å². The molecular formula is C29H38O5. The maximum absolute atomic E-state index is 12.4. The van der Waals surface area contributed by atoms with Gasteiger partial charge in [-0.25, -0.2) is 4.79 Å². The van der Waals surface area contributed by atoms with Crippen molar-refractivity contribution in [1.82, 2.24) is 0 Å². The van der Waals surface area contributed by atoms with Crippen LogP contribution in [0.4, 0.5) is 0 Å². The maximum Gasteiger partial charge on any atom is 0.335 e. The van der Waals surface area contributed by atoms with E-state index in [1.807, 2.05) is 12.1 Å². The Morgan fingerprint density at radius 1 is 1.06 bits per heavy atom. The minimum Gasteiger partial charge on any atom is -0.478 e. The van der Waals surface area contributed by atoms with Crippen LogP contribution in [0.15, 0.2) is 35.9 Å². The monoisotopic (exact) mass is 466 g/mol. The molecule has 0 radical (unpaired) electrons. The average Bonchev–Trinajstić information content (AvgIpc) is 3.17. The number of fused-ring (bicyclic) bond motifs is 5. The molecular weight excluding hydrogens is 428 g/mol. The van der Waals surface area contributed by atoms with Gasteiger partial charge in [-0.1, -0.05) is 30.7 Å². The Morgan fingerprint density at radius 2 is 1.82 bits per heavy atom. The number of carboxylic acids is 1. The molecule has 7 atom stereocenters. The van der Waals surface area contributed by atoms with E-state index in [1.165, 1.54) is 5.57 Å². The predicted molar refractivity (Wildman–Crippen MR) is 129 cm³/mol. The molecule has 0 aliphatic heterocycles. The highest BCUT2D eigenvalue weighted by molar-refractivity contribution is 5.87. The Kier molecular flexibility index (Phi) is 6.22. The third-order valence-corrected chi connectivity index (χ3v) is 10.1. The molecule has 0 spiro atoms. The molecule has 3 fully saturated rings. The van der Waals surface area contributed by atoms with Crippen molar-refractivity contribution < 1.29 is 24.5 Å². The summed E-state index contributed by atoms with van der Waals surface area (Å²) < 4.78 is 6.38. The van der Waals surface area contributed by atoms with Gasteiger partial charge in [-0.2, -0.15) is 0 Å². The van der Waals surface area contributed by atoms with Crippen molar-refractivity contribution in [2.45, 2.75) is 77.9 Å². The smallest absolute Gasteiger partial charge is 0.335 e. The number of aliphatic hydroxyl groups is 1. The average molecular weight is 467 g/mol. The highest BCUT2D eigenvalue weighted by atomic mass is 16.5. The van der Waals surface area contributed by atoms with Crippen LogP contribution in [0, 0.1) is 34.5 Å². The first kappa shape index (κ1) is 23.7.